The lowest BCUT2D eigenvalue weighted by Gasteiger charge is -2.40. The number of hydrogen-bond acceptors (Lipinski definition) is 0. The maximum absolute atomic E-state index is 4.28. The Hall–Kier alpha value is -2.86. The monoisotopic (exact) mass is 1130 g/mol. The molecule has 82 heavy (non-hydrogen) atoms. The molecule has 0 N–H and O–H groups in total. The van der Waals surface area contributed by atoms with Crippen LogP contribution in [0, 0.1) is 98.6 Å². The van der Waals surface area contributed by atoms with E-state index in [1.807, 2.05) is 0 Å². The van der Waals surface area contributed by atoms with Crippen LogP contribution >= 0.6 is 0 Å². The Bertz CT molecular complexity index is 2050. The summed E-state index contributed by atoms with van der Waals surface area (Å²) in [5.41, 5.74) is 17.0. The van der Waals surface area contributed by atoms with E-state index in [2.05, 4.69) is 268 Å². The van der Waals surface area contributed by atoms with Crippen LogP contribution in [0.15, 0.2) is 130 Å². The van der Waals surface area contributed by atoms with Gasteiger partial charge in [0.2, 0.25) is 0 Å². The fraction of sp³-hybridized carbons (Fsp3) is 0.732. The van der Waals surface area contributed by atoms with Gasteiger partial charge in [-0.2, -0.15) is 0 Å². The number of hydrogen-bond donors (Lipinski definition) is 0. The van der Waals surface area contributed by atoms with Gasteiger partial charge in [0.05, 0.1) is 0 Å². The van der Waals surface area contributed by atoms with Crippen LogP contribution in [0.3, 0.4) is 0 Å². The Morgan fingerprint density at radius 3 is 0.927 bits per heavy atom. The third kappa shape index (κ3) is 29.0. The lowest BCUT2D eigenvalue weighted by molar-refractivity contribution is 0.112. The van der Waals surface area contributed by atoms with Gasteiger partial charge in [-0.1, -0.05) is 322 Å². The first-order valence-electron chi connectivity index (χ1n) is 34.1. The molecule has 0 radical (unpaired) electrons. The number of allylic oxidation sites excluding steroid dienone is 19. The SMILES string of the molecule is C=C1[C@H](C)CC(=C/C=C/C(C)/C(C)=C(/C)C(C)CCCC(C)(C)C)C[C@H]1C.C=C1[C@H](C)CC(=C/C=C/C(C)/C(C)=C(\C)C(C)CCCC(C)(C)C)C[C@H]1C.C=C1[C@H](C)CC(=C/C=C/C(C)C(C)(C)C(C)C(C)CCCC(C)(C)C)C[C@H]1C. The molecule has 0 heteroatoms. The molecular weight excluding hydrogens is 985 g/mol. The van der Waals surface area contributed by atoms with Crippen molar-refractivity contribution >= 4 is 0 Å². The Morgan fingerprint density at radius 2 is 0.659 bits per heavy atom. The molecule has 0 spiro atoms. The fourth-order valence-corrected chi connectivity index (χ4v) is 13.0. The third-order valence-electron chi connectivity index (χ3n) is 21.4. The van der Waals surface area contributed by atoms with Crippen molar-refractivity contribution in [2.45, 2.75) is 290 Å². The van der Waals surface area contributed by atoms with E-state index in [-0.39, 0.29) is 0 Å². The quantitative estimate of drug-likeness (QED) is 0.0948. The van der Waals surface area contributed by atoms with Crippen LogP contribution in [0.5, 0.6) is 0 Å². The van der Waals surface area contributed by atoms with E-state index >= 15 is 0 Å². The highest BCUT2D eigenvalue weighted by Crippen LogP contribution is 2.43. The summed E-state index contributed by atoms with van der Waals surface area (Å²) in [6.07, 6.45) is 40.3. The summed E-state index contributed by atoms with van der Waals surface area (Å²) >= 11 is 0. The number of rotatable bonds is 22. The summed E-state index contributed by atoms with van der Waals surface area (Å²) in [6, 6.07) is 0. The molecule has 0 amide bonds. The highest BCUT2D eigenvalue weighted by atomic mass is 14.4. The molecule has 3 aliphatic rings. The molecule has 0 saturated heterocycles. The molecule has 3 fully saturated rings. The summed E-state index contributed by atoms with van der Waals surface area (Å²) in [4.78, 5) is 0. The fourth-order valence-electron chi connectivity index (χ4n) is 13.0. The average molecular weight is 1130 g/mol. The van der Waals surface area contributed by atoms with Gasteiger partial charge in [0, 0.05) is 0 Å². The average Bonchev–Trinajstić information content (AvgIpc) is 3.49. The molecule has 3 saturated carbocycles. The van der Waals surface area contributed by atoms with E-state index in [9.17, 15) is 0 Å². The molecule has 7 unspecified atom stereocenters. The molecule has 0 nitrogen and oxygen atoms in total. The molecule has 0 aromatic heterocycles. The van der Waals surface area contributed by atoms with Crippen molar-refractivity contribution in [1.82, 2.24) is 0 Å². The van der Waals surface area contributed by atoms with Gasteiger partial charge < -0.3 is 0 Å². The van der Waals surface area contributed by atoms with E-state index in [0.717, 1.165) is 11.8 Å². The first-order chi connectivity index (χ1) is 37.6. The van der Waals surface area contributed by atoms with Crippen molar-refractivity contribution in [1.29, 1.82) is 0 Å². The van der Waals surface area contributed by atoms with E-state index in [0.29, 0.717) is 86.8 Å². The van der Waals surface area contributed by atoms with Gasteiger partial charge in [0.1, 0.15) is 0 Å². The van der Waals surface area contributed by atoms with Crippen LogP contribution in [0.1, 0.15) is 290 Å². The van der Waals surface area contributed by atoms with E-state index in [1.54, 1.807) is 39.0 Å². The summed E-state index contributed by atoms with van der Waals surface area (Å²) < 4.78 is 0. The maximum Gasteiger partial charge on any atom is -0.00486 e. The predicted molar refractivity (Wildman–Crippen MR) is 376 cm³/mol. The molecule has 0 aliphatic heterocycles. The van der Waals surface area contributed by atoms with Gasteiger partial charge in [-0.15, -0.1) is 0 Å². The second kappa shape index (κ2) is 35.7. The lowest BCUT2D eigenvalue weighted by Crippen LogP contribution is -2.32. The van der Waals surface area contributed by atoms with Gasteiger partial charge in [0.25, 0.3) is 0 Å². The Morgan fingerprint density at radius 1 is 0.402 bits per heavy atom. The molecule has 0 aromatic rings. The molecule has 13 atom stereocenters. The smallest absolute Gasteiger partial charge is 0.00486 e. The highest BCUT2D eigenvalue weighted by molar-refractivity contribution is 5.28. The standard InChI is InChI=1S/C28H50.2C27H46/c1-20(14-13-17-27(7,8)9)25(6)28(10,11)23(4)15-12-16-26-18-21(2)24(5)22(3)19-26;2*1-19(13-11-15-26-17-21(3)23(5)22(4)18-26)24(6)25(7)20(2)14-12-16-27(8,9)10/h12,15-16,20-23,25H,5,13-14,17-19H2,1-4,6-11H3;2*11,13,15,19-22H,5,12,14,16-18H2,1-4,6-10H3/b15-12+;13-11+,25-24+;13-11+,25-24-/t20?,21-,22-,23?,25?;2*19?,20?,21-,22-/m111/s1. The van der Waals surface area contributed by atoms with Crippen molar-refractivity contribution in [3.63, 3.8) is 0 Å². The normalized spacial score (nSPS) is 24.9. The van der Waals surface area contributed by atoms with Gasteiger partial charge in [-0.05, 0) is 197 Å². The maximum atomic E-state index is 4.28. The summed E-state index contributed by atoms with van der Waals surface area (Å²) in [6.45, 7) is 78.9. The predicted octanol–water partition coefficient (Wildman–Crippen LogP) is 27.1. The van der Waals surface area contributed by atoms with Crippen molar-refractivity contribution in [3.8, 4) is 0 Å². The summed E-state index contributed by atoms with van der Waals surface area (Å²) in [7, 11) is 0. The van der Waals surface area contributed by atoms with Gasteiger partial charge in [-0.25, -0.2) is 0 Å². The zero-order valence-electron chi connectivity index (χ0n) is 60.4. The van der Waals surface area contributed by atoms with Crippen LogP contribution < -0.4 is 0 Å². The van der Waals surface area contributed by atoms with Gasteiger partial charge in [0.15, 0.2) is 0 Å². The Kier molecular flexibility index (Phi) is 33.6. The molecule has 3 aliphatic carbocycles. The summed E-state index contributed by atoms with van der Waals surface area (Å²) in [5.74, 6) is 8.26. The topological polar surface area (TPSA) is 0 Å². The third-order valence-corrected chi connectivity index (χ3v) is 21.4. The van der Waals surface area contributed by atoms with E-state index < -0.39 is 0 Å². The van der Waals surface area contributed by atoms with Gasteiger partial charge >= 0.3 is 0 Å². The van der Waals surface area contributed by atoms with Crippen molar-refractivity contribution < 1.29 is 0 Å². The molecule has 3 rings (SSSR count). The largest absolute Gasteiger partial charge is 0.0993 e. The Labute approximate surface area is 516 Å². The minimum absolute atomic E-state index is 0.317. The van der Waals surface area contributed by atoms with Crippen molar-refractivity contribution in [2.24, 2.45) is 98.6 Å². The lowest BCUT2D eigenvalue weighted by atomic mass is 9.65. The van der Waals surface area contributed by atoms with Crippen LogP contribution in [-0.2, 0) is 0 Å². The first-order valence-corrected chi connectivity index (χ1v) is 34.1. The van der Waals surface area contributed by atoms with Crippen LogP contribution in [0.25, 0.3) is 0 Å². The second-order valence-corrected chi connectivity index (χ2v) is 32.8. The molecule has 0 heterocycles. The zero-order chi connectivity index (χ0) is 63.2. The molecule has 0 aromatic carbocycles. The Balaban J connectivity index is 0.000000615. The molecule has 0 bridgehead atoms. The highest BCUT2D eigenvalue weighted by Gasteiger charge is 2.34. The van der Waals surface area contributed by atoms with E-state index in [1.165, 1.54) is 113 Å². The van der Waals surface area contributed by atoms with Crippen LogP contribution in [-0.4, -0.2) is 0 Å². The van der Waals surface area contributed by atoms with Crippen molar-refractivity contribution in [2.75, 3.05) is 0 Å². The van der Waals surface area contributed by atoms with Crippen LogP contribution in [0.4, 0.5) is 0 Å². The minimum atomic E-state index is 0.317. The first kappa shape index (κ1) is 77.2. The van der Waals surface area contributed by atoms with Crippen LogP contribution in [0.2, 0.25) is 0 Å². The molecular formula is C82H142. The van der Waals surface area contributed by atoms with Crippen molar-refractivity contribution in [3.05, 3.63) is 130 Å². The van der Waals surface area contributed by atoms with Gasteiger partial charge in [-0.3, -0.25) is 0 Å². The zero-order valence-corrected chi connectivity index (χ0v) is 60.4. The summed E-state index contributed by atoms with van der Waals surface area (Å²) in [5, 5.41) is 0. The molecule has 470 valence electrons. The van der Waals surface area contributed by atoms with E-state index in [4.69, 9.17) is 0 Å². The second-order valence-electron chi connectivity index (χ2n) is 32.8. The minimum Gasteiger partial charge on any atom is -0.0993 e.